The minimum atomic E-state index is -1.07. The first-order valence-electron chi connectivity index (χ1n) is 11.6. The van der Waals surface area contributed by atoms with Gasteiger partial charge in [-0.25, -0.2) is 4.79 Å². The lowest BCUT2D eigenvalue weighted by molar-refractivity contribution is 0.0696. The number of hydrogen-bond donors (Lipinski definition) is 1. The molecular weight excluding hydrogens is 384 g/mol. The van der Waals surface area contributed by atoms with Crippen LogP contribution in [0.15, 0.2) is 18.2 Å². The maximum absolute atomic E-state index is 12.2. The third kappa shape index (κ3) is 12.1. The second-order valence-corrected chi connectivity index (χ2v) is 8.53. The Morgan fingerprint density at radius 3 is 1.62 bits per heavy atom. The molecule has 0 heterocycles. The van der Waals surface area contributed by atoms with Crippen LogP contribution in [0.4, 0.5) is 0 Å². The molecule has 0 aliphatic heterocycles. The predicted molar refractivity (Wildman–Crippen MR) is 122 cm³/mol. The van der Waals surface area contributed by atoms with Crippen LogP contribution < -0.4 is 0 Å². The van der Waals surface area contributed by atoms with Gasteiger partial charge in [0.1, 0.15) is 0 Å². The molecule has 0 aliphatic carbocycles. The quantitative estimate of drug-likeness (QED) is 0.190. The molecule has 0 bridgehead atoms. The van der Waals surface area contributed by atoms with Crippen LogP contribution in [-0.4, -0.2) is 16.9 Å². The number of halogens is 1. The molecule has 1 rings (SSSR count). The van der Waals surface area contributed by atoms with Gasteiger partial charge in [-0.15, -0.1) is 0 Å². The minimum Gasteiger partial charge on any atom is -0.478 e. The van der Waals surface area contributed by atoms with Crippen molar-refractivity contribution in [1.82, 2.24) is 0 Å². The Kier molecular flexibility index (Phi) is 14.6. The second kappa shape index (κ2) is 16.4. The van der Waals surface area contributed by atoms with E-state index in [0.29, 0.717) is 12.0 Å². The third-order valence-corrected chi connectivity index (χ3v) is 5.84. The molecule has 0 saturated heterocycles. The molecule has 0 saturated carbocycles. The zero-order valence-electron chi connectivity index (χ0n) is 18.2. The maximum Gasteiger partial charge on any atom is 0.337 e. The molecule has 0 fully saturated rings. The molecule has 4 heteroatoms. The molecule has 0 radical (unpaired) electrons. The summed E-state index contributed by atoms with van der Waals surface area (Å²) in [5, 5.41) is 9.10. The van der Waals surface area contributed by atoms with Gasteiger partial charge in [0.25, 0.3) is 0 Å². The van der Waals surface area contributed by atoms with Crippen molar-refractivity contribution in [2.75, 3.05) is 0 Å². The van der Waals surface area contributed by atoms with Crippen LogP contribution in [0.5, 0.6) is 0 Å². The topological polar surface area (TPSA) is 54.4 Å². The smallest absolute Gasteiger partial charge is 0.337 e. The van der Waals surface area contributed by atoms with E-state index in [0.717, 1.165) is 12.8 Å². The summed E-state index contributed by atoms with van der Waals surface area (Å²) in [4.78, 5) is 23.2. The van der Waals surface area contributed by atoms with Crippen LogP contribution in [0.1, 0.15) is 130 Å². The first kappa shape index (κ1) is 25.7. The average molecular weight is 423 g/mol. The van der Waals surface area contributed by atoms with Gasteiger partial charge in [-0.2, -0.15) is 0 Å². The third-order valence-electron chi connectivity index (χ3n) is 5.53. The van der Waals surface area contributed by atoms with E-state index >= 15 is 0 Å². The van der Waals surface area contributed by atoms with E-state index < -0.39 is 5.97 Å². The molecule has 0 unspecified atom stereocenters. The normalized spacial score (nSPS) is 11.0. The highest BCUT2D eigenvalue weighted by Crippen LogP contribution is 2.20. The van der Waals surface area contributed by atoms with Crippen molar-refractivity contribution in [3.8, 4) is 0 Å². The molecule has 0 amide bonds. The highest BCUT2D eigenvalue weighted by molar-refractivity contribution is 6.33. The number of carboxylic acid groups (broad SMARTS) is 1. The molecule has 0 atom stereocenters. The number of rotatable bonds is 18. The van der Waals surface area contributed by atoms with Crippen molar-refractivity contribution < 1.29 is 14.7 Å². The van der Waals surface area contributed by atoms with Crippen molar-refractivity contribution in [2.45, 2.75) is 110 Å². The summed E-state index contributed by atoms with van der Waals surface area (Å²) in [6, 6.07) is 4.44. The van der Waals surface area contributed by atoms with Crippen LogP contribution in [0.25, 0.3) is 0 Å². The van der Waals surface area contributed by atoms with E-state index in [9.17, 15) is 9.59 Å². The summed E-state index contributed by atoms with van der Waals surface area (Å²) in [7, 11) is 0. The monoisotopic (exact) mass is 422 g/mol. The summed E-state index contributed by atoms with van der Waals surface area (Å²) < 4.78 is 0. The Balaban J connectivity index is 1.96. The lowest BCUT2D eigenvalue weighted by atomic mass is 10.0. The predicted octanol–water partition coefficient (Wildman–Crippen LogP) is 8.48. The maximum atomic E-state index is 12.2. The van der Waals surface area contributed by atoms with Gasteiger partial charge in [-0.1, -0.05) is 114 Å². The van der Waals surface area contributed by atoms with Gasteiger partial charge in [0.15, 0.2) is 5.78 Å². The molecule has 29 heavy (non-hydrogen) atoms. The highest BCUT2D eigenvalue weighted by atomic mass is 35.5. The van der Waals surface area contributed by atoms with Crippen molar-refractivity contribution in [3.05, 3.63) is 34.3 Å². The van der Waals surface area contributed by atoms with Gasteiger partial charge in [0.05, 0.1) is 10.6 Å². The van der Waals surface area contributed by atoms with E-state index in [1.807, 2.05) is 0 Å². The van der Waals surface area contributed by atoms with Gasteiger partial charge in [0, 0.05) is 12.0 Å². The first-order chi connectivity index (χ1) is 14.1. The number of benzene rings is 1. The molecule has 0 spiro atoms. The summed E-state index contributed by atoms with van der Waals surface area (Å²) in [5.41, 5.74) is 0.542. The van der Waals surface area contributed by atoms with Crippen molar-refractivity contribution >= 4 is 23.4 Å². The van der Waals surface area contributed by atoms with Gasteiger partial charge in [0.2, 0.25) is 0 Å². The SMILES string of the molecule is CCCCCCCCCCCCCCCCCC(=O)c1ccc(C(=O)O)c(Cl)c1. The van der Waals surface area contributed by atoms with E-state index in [1.54, 1.807) is 6.07 Å². The Hall–Kier alpha value is -1.35. The molecule has 0 aliphatic rings. The molecule has 3 nitrogen and oxygen atoms in total. The molecule has 1 aromatic rings. The fourth-order valence-corrected chi connectivity index (χ4v) is 3.92. The van der Waals surface area contributed by atoms with Crippen molar-refractivity contribution in [1.29, 1.82) is 0 Å². The molecular formula is C25H39ClO3. The van der Waals surface area contributed by atoms with Gasteiger partial charge < -0.3 is 5.11 Å². The van der Waals surface area contributed by atoms with E-state index in [2.05, 4.69) is 6.92 Å². The molecule has 1 aromatic carbocycles. The van der Waals surface area contributed by atoms with E-state index in [4.69, 9.17) is 16.7 Å². The van der Waals surface area contributed by atoms with Crippen molar-refractivity contribution in [3.63, 3.8) is 0 Å². The molecule has 0 aromatic heterocycles. The van der Waals surface area contributed by atoms with E-state index in [1.165, 1.54) is 95.6 Å². The van der Waals surface area contributed by atoms with Crippen LogP contribution in [0, 0.1) is 0 Å². The summed E-state index contributed by atoms with van der Waals surface area (Å²) in [6.45, 7) is 2.26. The number of carbonyl (C=O) groups excluding carboxylic acids is 1. The minimum absolute atomic E-state index is 0.0372. The van der Waals surface area contributed by atoms with Gasteiger partial charge >= 0.3 is 5.97 Å². The van der Waals surface area contributed by atoms with Crippen LogP contribution in [0.2, 0.25) is 5.02 Å². The van der Waals surface area contributed by atoms with Crippen LogP contribution in [0.3, 0.4) is 0 Å². The Morgan fingerprint density at radius 2 is 1.21 bits per heavy atom. The summed E-state index contributed by atoms with van der Waals surface area (Å²) in [6.07, 6.45) is 20.0. The summed E-state index contributed by atoms with van der Waals surface area (Å²) in [5.74, 6) is -1.03. The van der Waals surface area contributed by atoms with Crippen LogP contribution >= 0.6 is 11.6 Å². The number of unbranched alkanes of at least 4 members (excludes halogenated alkanes) is 14. The lowest BCUT2D eigenvalue weighted by Gasteiger charge is -2.05. The van der Waals surface area contributed by atoms with Gasteiger partial charge in [-0.05, 0) is 18.6 Å². The molecule has 164 valence electrons. The van der Waals surface area contributed by atoms with Crippen LogP contribution in [-0.2, 0) is 0 Å². The fraction of sp³-hybridized carbons (Fsp3) is 0.680. The number of aromatic carboxylic acids is 1. The number of Topliss-reactive ketones (excluding diaryl/α,β-unsaturated/α-hetero) is 1. The molecule has 1 N–H and O–H groups in total. The first-order valence-corrected chi connectivity index (χ1v) is 12.0. The Bertz CT molecular complexity index is 598. The largest absolute Gasteiger partial charge is 0.478 e. The Morgan fingerprint density at radius 1 is 0.759 bits per heavy atom. The number of hydrogen-bond acceptors (Lipinski definition) is 2. The highest BCUT2D eigenvalue weighted by Gasteiger charge is 2.12. The number of carboxylic acids is 1. The summed E-state index contributed by atoms with van der Waals surface area (Å²) >= 11 is 5.93. The standard InChI is InChI=1S/C25H39ClO3/c1-2-3-4-5-6-7-8-9-10-11-12-13-14-15-16-17-24(27)21-18-19-22(25(28)29)23(26)20-21/h18-20H,2-17H2,1H3,(H,28,29). The zero-order valence-corrected chi connectivity index (χ0v) is 18.9. The van der Waals surface area contributed by atoms with E-state index in [-0.39, 0.29) is 16.4 Å². The number of carbonyl (C=O) groups is 2. The zero-order chi connectivity index (χ0) is 21.3. The fourth-order valence-electron chi connectivity index (χ4n) is 3.66. The Labute approximate surface area is 182 Å². The van der Waals surface area contributed by atoms with Gasteiger partial charge in [-0.3, -0.25) is 4.79 Å². The lowest BCUT2D eigenvalue weighted by Crippen LogP contribution is -2.02. The second-order valence-electron chi connectivity index (χ2n) is 8.12. The van der Waals surface area contributed by atoms with Crippen molar-refractivity contribution in [2.24, 2.45) is 0 Å². The number of ketones is 1. The average Bonchev–Trinajstić information content (AvgIpc) is 2.70.